The van der Waals surface area contributed by atoms with Gasteiger partial charge in [-0.25, -0.2) is 0 Å². The van der Waals surface area contributed by atoms with Gasteiger partial charge < -0.3 is 4.74 Å². The second-order valence-electron chi connectivity index (χ2n) is 7.53. The van der Waals surface area contributed by atoms with E-state index in [1.807, 2.05) is 13.8 Å². The van der Waals surface area contributed by atoms with Gasteiger partial charge in [-0.2, -0.15) is 0 Å². The van der Waals surface area contributed by atoms with Crippen molar-refractivity contribution >= 4 is 5.78 Å². The first kappa shape index (κ1) is 16.6. The fraction of sp³-hybridized carbons (Fsp3) is 0.938. The highest BCUT2D eigenvalue weighted by atomic mass is 16.5. The zero-order chi connectivity index (χ0) is 14.8. The molecule has 0 radical (unpaired) electrons. The number of rotatable bonds is 5. The molecule has 0 unspecified atom stereocenters. The van der Waals surface area contributed by atoms with Crippen molar-refractivity contribution in [3.8, 4) is 0 Å². The maximum atomic E-state index is 12.5. The first-order valence-electron chi connectivity index (χ1n) is 7.54. The van der Waals surface area contributed by atoms with E-state index in [0.29, 0.717) is 18.4 Å². The Bertz CT molecular complexity index is 304. The summed E-state index contributed by atoms with van der Waals surface area (Å²) < 4.78 is 6.07. The van der Waals surface area contributed by atoms with Crippen LogP contribution < -0.4 is 0 Å². The number of carbonyl (C=O) groups excluding carboxylic acids is 1. The first-order chi connectivity index (χ1) is 8.63. The number of ether oxygens (including phenoxy) is 1. The molecule has 1 aliphatic rings. The number of likely N-dealkylation sites (tertiary alicyclic amines) is 1. The topological polar surface area (TPSA) is 29.5 Å². The molecule has 1 saturated heterocycles. The van der Waals surface area contributed by atoms with Crippen molar-refractivity contribution in [2.75, 3.05) is 13.2 Å². The van der Waals surface area contributed by atoms with Gasteiger partial charge in [0, 0.05) is 18.5 Å². The average Bonchev–Trinajstić information content (AvgIpc) is 2.67. The Morgan fingerprint density at radius 3 is 2.26 bits per heavy atom. The molecule has 112 valence electrons. The summed E-state index contributed by atoms with van der Waals surface area (Å²) >= 11 is 0. The van der Waals surface area contributed by atoms with Crippen molar-refractivity contribution in [2.45, 2.75) is 73.1 Å². The zero-order valence-corrected chi connectivity index (χ0v) is 13.7. The summed E-state index contributed by atoms with van der Waals surface area (Å²) in [5.41, 5.74) is 0.149. The van der Waals surface area contributed by atoms with Crippen LogP contribution in [0.2, 0.25) is 0 Å². The van der Waals surface area contributed by atoms with Gasteiger partial charge in [0.15, 0.2) is 5.78 Å². The van der Waals surface area contributed by atoms with E-state index < -0.39 is 0 Å². The molecule has 1 heterocycles. The van der Waals surface area contributed by atoms with Gasteiger partial charge in [0.1, 0.15) is 0 Å². The lowest BCUT2D eigenvalue weighted by atomic mass is 9.96. The third-order valence-corrected chi connectivity index (χ3v) is 3.64. The predicted molar refractivity (Wildman–Crippen MR) is 79.3 cm³/mol. The van der Waals surface area contributed by atoms with Gasteiger partial charge in [0.2, 0.25) is 0 Å². The van der Waals surface area contributed by atoms with Crippen LogP contribution >= 0.6 is 0 Å². The molecule has 0 saturated carbocycles. The van der Waals surface area contributed by atoms with E-state index in [2.05, 4.69) is 39.5 Å². The molecule has 0 aromatic rings. The number of hydrogen-bond donors (Lipinski definition) is 0. The molecule has 0 N–H and O–H groups in total. The fourth-order valence-corrected chi connectivity index (χ4v) is 2.59. The third-order valence-electron chi connectivity index (χ3n) is 3.64. The highest BCUT2D eigenvalue weighted by Gasteiger charge is 2.41. The number of hydrogen-bond acceptors (Lipinski definition) is 3. The lowest BCUT2D eigenvalue weighted by Gasteiger charge is -2.32. The smallest absolute Gasteiger partial charge is 0.155 e. The van der Waals surface area contributed by atoms with E-state index >= 15 is 0 Å². The minimum atomic E-state index is -0.0534. The monoisotopic (exact) mass is 269 g/mol. The van der Waals surface area contributed by atoms with Gasteiger partial charge in [-0.3, -0.25) is 9.69 Å². The van der Waals surface area contributed by atoms with Gasteiger partial charge in [0.05, 0.1) is 18.8 Å². The summed E-state index contributed by atoms with van der Waals surface area (Å²) in [5, 5.41) is 0. The second kappa shape index (κ2) is 6.36. The lowest BCUT2D eigenvalue weighted by Crippen LogP contribution is -2.48. The largest absolute Gasteiger partial charge is 0.376 e. The minimum Gasteiger partial charge on any atom is -0.376 e. The third kappa shape index (κ3) is 4.57. The molecule has 0 aromatic heterocycles. The van der Waals surface area contributed by atoms with Gasteiger partial charge >= 0.3 is 0 Å². The summed E-state index contributed by atoms with van der Waals surface area (Å²) in [6.07, 6.45) is 1.04. The van der Waals surface area contributed by atoms with Gasteiger partial charge in [-0.1, -0.05) is 34.6 Å². The molecule has 3 heteroatoms. The average molecular weight is 269 g/mol. The van der Waals surface area contributed by atoms with Crippen LogP contribution in [0.3, 0.4) is 0 Å². The van der Waals surface area contributed by atoms with Crippen LogP contribution in [0.4, 0.5) is 0 Å². The highest BCUT2D eigenvalue weighted by molar-refractivity contribution is 5.86. The molecule has 1 fully saturated rings. The molecule has 0 amide bonds. The summed E-state index contributed by atoms with van der Waals surface area (Å²) in [6.45, 7) is 16.5. The van der Waals surface area contributed by atoms with Crippen LogP contribution in [0.25, 0.3) is 0 Å². The van der Waals surface area contributed by atoms with E-state index in [1.165, 1.54) is 0 Å². The Morgan fingerprint density at radius 1 is 1.26 bits per heavy atom. The second-order valence-corrected chi connectivity index (χ2v) is 7.53. The number of ketones is 1. The number of carbonyl (C=O) groups is 1. The maximum absolute atomic E-state index is 12.5. The number of nitrogens with zero attached hydrogens (tertiary/aromatic N) is 1. The Balaban J connectivity index is 2.77. The van der Waals surface area contributed by atoms with Crippen molar-refractivity contribution in [3.05, 3.63) is 0 Å². The molecule has 1 rings (SSSR count). The van der Waals surface area contributed by atoms with Crippen molar-refractivity contribution < 1.29 is 9.53 Å². The van der Waals surface area contributed by atoms with Crippen LogP contribution in [0.1, 0.15) is 54.9 Å². The van der Waals surface area contributed by atoms with Crippen molar-refractivity contribution in [1.29, 1.82) is 0 Å². The Labute approximate surface area is 118 Å². The lowest BCUT2D eigenvalue weighted by molar-refractivity contribution is -0.131. The van der Waals surface area contributed by atoms with Crippen LogP contribution in [0, 0.1) is 11.3 Å². The molecule has 19 heavy (non-hydrogen) atoms. The molecule has 2 atom stereocenters. The molecular weight excluding hydrogens is 238 g/mol. The van der Waals surface area contributed by atoms with Gasteiger partial charge in [0.25, 0.3) is 0 Å². The van der Waals surface area contributed by atoms with E-state index in [4.69, 9.17) is 4.74 Å². The molecule has 1 aliphatic heterocycles. The molecular formula is C16H31NO2. The predicted octanol–water partition coefficient (Wildman–Crippen LogP) is 3.13. The maximum Gasteiger partial charge on any atom is 0.155 e. The van der Waals surface area contributed by atoms with Crippen LogP contribution in [-0.2, 0) is 9.53 Å². The highest BCUT2D eigenvalue weighted by Crippen LogP contribution is 2.27. The van der Waals surface area contributed by atoms with Crippen molar-refractivity contribution in [3.63, 3.8) is 0 Å². The SMILES string of the molecule is CC(C)C(=O)[C@@H]1[C@H](OCC(C)(C)C)CCN1C(C)C. The van der Waals surface area contributed by atoms with Gasteiger partial charge in [-0.15, -0.1) is 0 Å². The molecule has 0 aliphatic carbocycles. The Kier molecular flexibility index (Phi) is 5.57. The van der Waals surface area contributed by atoms with E-state index in [1.54, 1.807) is 0 Å². The van der Waals surface area contributed by atoms with Crippen molar-refractivity contribution in [1.82, 2.24) is 4.90 Å². The normalized spacial score (nSPS) is 25.5. The quantitative estimate of drug-likeness (QED) is 0.768. The molecule has 3 nitrogen and oxygen atoms in total. The zero-order valence-electron chi connectivity index (χ0n) is 13.7. The van der Waals surface area contributed by atoms with Crippen molar-refractivity contribution in [2.24, 2.45) is 11.3 Å². The van der Waals surface area contributed by atoms with Crippen LogP contribution in [0.15, 0.2) is 0 Å². The fourth-order valence-electron chi connectivity index (χ4n) is 2.59. The standard InChI is InChI=1S/C16H31NO2/c1-11(2)15(18)14-13(19-10-16(5,6)7)8-9-17(14)12(3)4/h11-14H,8-10H2,1-7H3/t13-,14+/m1/s1. The Morgan fingerprint density at radius 2 is 1.84 bits per heavy atom. The summed E-state index contributed by atoms with van der Waals surface area (Å²) in [4.78, 5) is 14.8. The molecule has 0 bridgehead atoms. The van der Waals surface area contributed by atoms with E-state index in [0.717, 1.165) is 13.0 Å². The van der Waals surface area contributed by atoms with E-state index in [-0.39, 0.29) is 23.5 Å². The summed E-state index contributed by atoms with van der Waals surface area (Å²) in [6, 6.07) is 0.346. The Hall–Kier alpha value is -0.410. The summed E-state index contributed by atoms with van der Waals surface area (Å²) in [5.74, 6) is 0.398. The molecule has 0 spiro atoms. The van der Waals surface area contributed by atoms with E-state index in [9.17, 15) is 4.79 Å². The summed E-state index contributed by atoms with van der Waals surface area (Å²) in [7, 11) is 0. The van der Waals surface area contributed by atoms with Gasteiger partial charge in [-0.05, 0) is 25.7 Å². The van der Waals surface area contributed by atoms with Crippen LogP contribution in [0.5, 0.6) is 0 Å². The number of Topliss-reactive ketones (excluding diaryl/α,β-unsaturated/α-hetero) is 1. The minimum absolute atomic E-state index is 0.0534. The van der Waals surface area contributed by atoms with Crippen LogP contribution in [-0.4, -0.2) is 42.0 Å². The molecule has 0 aromatic carbocycles. The first-order valence-corrected chi connectivity index (χ1v) is 7.54.